The number of aromatic nitrogens is 2. The molecule has 104 valence electrons. The number of carbonyl (C=O) groups excluding carboxylic acids is 1. The molecule has 0 saturated carbocycles. The van der Waals surface area contributed by atoms with E-state index >= 15 is 0 Å². The Morgan fingerprint density at radius 1 is 1.40 bits per heavy atom. The second-order valence-corrected chi connectivity index (χ2v) is 4.82. The molecular weight excluding hydrogens is 252 g/mol. The monoisotopic (exact) mass is 270 g/mol. The van der Waals surface area contributed by atoms with Crippen molar-refractivity contribution in [3.8, 4) is 5.69 Å². The Kier molecular flexibility index (Phi) is 3.89. The molecule has 2 N–H and O–H groups in total. The van der Waals surface area contributed by atoms with Crippen molar-refractivity contribution in [1.29, 1.82) is 0 Å². The van der Waals surface area contributed by atoms with E-state index in [2.05, 4.69) is 11.7 Å². The minimum absolute atomic E-state index is 0.138. The average molecular weight is 270 g/mol. The number of benzene rings is 1. The third-order valence-corrected chi connectivity index (χ3v) is 2.85. The number of nitrogen functional groups attached to an aromatic ring is 1. The van der Waals surface area contributed by atoms with E-state index in [1.807, 2.05) is 25.1 Å². The molecule has 0 aliphatic rings. The summed E-state index contributed by atoms with van der Waals surface area (Å²) in [6, 6.07) is 9.07. The second kappa shape index (κ2) is 5.61. The molecule has 2 aromatic rings. The fourth-order valence-electron chi connectivity index (χ4n) is 1.94. The summed E-state index contributed by atoms with van der Waals surface area (Å²) in [7, 11) is 1.73. The summed E-state index contributed by atoms with van der Waals surface area (Å²) in [6.07, 6.45) is 1.73. The highest BCUT2D eigenvalue weighted by molar-refractivity contribution is 5.92. The topological polar surface area (TPSA) is 64.2 Å². The highest BCUT2D eigenvalue weighted by Crippen LogP contribution is 2.16. The Bertz CT molecular complexity index is 645. The highest BCUT2D eigenvalue weighted by atomic mass is 16.2. The van der Waals surface area contributed by atoms with Gasteiger partial charge in [-0.25, -0.2) is 4.68 Å². The Hall–Kier alpha value is -2.56. The van der Waals surface area contributed by atoms with Gasteiger partial charge in [0.2, 0.25) is 0 Å². The summed E-state index contributed by atoms with van der Waals surface area (Å²) in [6.45, 7) is 6.19. The molecule has 1 amide bonds. The van der Waals surface area contributed by atoms with Crippen molar-refractivity contribution in [3.05, 3.63) is 54.4 Å². The van der Waals surface area contributed by atoms with Gasteiger partial charge in [0.25, 0.3) is 5.91 Å². The molecule has 2 rings (SSSR count). The molecule has 0 spiro atoms. The van der Waals surface area contributed by atoms with E-state index in [0.29, 0.717) is 17.9 Å². The van der Waals surface area contributed by atoms with Gasteiger partial charge in [0.15, 0.2) is 5.69 Å². The predicted molar refractivity (Wildman–Crippen MR) is 79.8 cm³/mol. The molecular formula is C15H18N4O. The number of para-hydroxylation sites is 2. The van der Waals surface area contributed by atoms with Crippen molar-refractivity contribution in [2.75, 3.05) is 19.3 Å². The van der Waals surface area contributed by atoms with Gasteiger partial charge >= 0.3 is 0 Å². The molecule has 5 nitrogen and oxygen atoms in total. The molecule has 0 unspecified atom stereocenters. The maximum absolute atomic E-state index is 12.2. The zero-order valence-corrected chi connectivity index (χ0v) is 11.7. The molecule has 20 heavy (non-hydrogen) atoms. The van der Waals surface area contributed by atoms with Crippen molar-refractivity contribution in [2.24, 2.45) is 0 Å². The SMILES string of the molecule is C=C(C)CN(C)C(=O)c1ccn(-c2ccccc2N)n1. The molecule has 0 bridgehead atoms. The van der Waals surface area contributed by atoms with Crippen LogP contribution >= 0.6 is 0 Å². The van der Waals surface area contributed by atoms with Crippen LogP contribution in [0.3, 0.4) is 0 Å². The lowest BCUT2D eigenvalue weighted by Gasteiger charge is -2.15. The Balaban J connectivity index is 2.23. The van der Waals surface area contributed by atoms with Crippen LogP contribution in [0.25, 0.3) is 5.69 Å². The summed E-state index contributed by atoms with van der Waals surface area (Å²) in [5, 5.41) is 4.29. The van der Waals surface area contributed by atoms with Gasteiger partial charge in [-0.3, -0.25) is 4.79 Å². The molecule has 1 aromatic heterocycles. The van der Waals surface area contributed by atoms with Crippen LogP contribution in [0.4, 0.5) is 5.69 Å². The highest BCUT2D eigenvalue weighted by Gasteiger charge is 2.15. The third kappa shape index (κ3) is 2.88. The first kappa shape index (κ1) is 13.9. The lowest BCUT2D eigenvalue weighted by atomic mass is 10.3. The Labute approximate surface area is 118 Å². The molecule has 0 fully saturated rings. The number of anilines is 1. The van der Waals surface area contributed by atoms with Crippen LogP contribution in [0, 0.1) is 0 Å². The van der Waals surface area contributed by atoms with Crippen molar-refractivity contribution in [1.82, 2.24) is 14.7 Å². The van der Waals surface area contributed by atoms with E-state index in [4.69, 9.17) is 5.73 Å². The van der Waals surface area contributed by atoms with E-state index in [-0.39, 0.29) is 5.91 Å². The first-order valence-electron chi connectivity index (χ1n) is 6.29. The standard InChI is InChI=1S/C15H18N4O/c1-11(2)10-18(3)15(20)13-8-9-19(17-13)14-7-5-4-6-12(14)16/h4-9H,1,10,16H2,2-3H3. The fourth-order valence-corrected chi connectivity index (χ4v) is 1.94. The van der Waals surface area contributed by atoms with Crippen LogP contribution in [-0.4, -0.2) is 34.2 Å². The lowest BCUT2D eigenvalue weighted by Crippen LogP contribution is -2.28. The van der Waals surface area contributed by atoms with Gasteiger partial charge in [0.1, 0.15) is 0 Å². The number of amides is 1. The molecule has 0 atom stereocenters. The summed E-state index contributed by atoms with van der Waals surface area (Å²) >= 11 is 0. The van der Waals surface area contributed by atoms with Crippen LogP contribution in [0.1, 0.15) is 17.4 Å². The van der Waals surface area contributed by atoms with E-state index in [0.717, 1.165) is 11.3 Å². The maximum Gasteiger partial charge on any atom is 0.274 e. The van der Waals surface area contributed by atoms with E-state index in [1.54, 1.807) is 35.0 Å². The van der Waals surface area contributed by atoms with Gasteiger partial charge in [-0.1, -0.05) is 24.3 Å². The number of hydrogen-bond donors (Lipinski definition) is 1. The van der Waals surface area contributed by atoms with Gasteiger partial charge in [-0.2, -0.15) is 5.10 Å². The number of carbonyl (C=O) groups is 1. The van der Waals surface area contributed by atoms with Crippen LogP contribution in [-0.2, 0) is 0 Å². The Morgan fingerprint density at radius 2 is 2.10 bits per heavy atom. The normalized spacial score (nSPS) is 10.3. The maximum atomic E-state index is 12.2. The van der Waals surface area contributed by atoms with Crippen LogP contribution in [0.5, 0.6) is 0 Å². The molecule has 1 heterocycles. The molecule has 0 aliphatic carbocycles. The first-order chi connectivity index (χ1) is 9.49. The number of rotatable bonds is 4. The zero-order valence-electron chi connectivity index (χ0n) is 11.7. The third-order valence-electron chi connectivity index (χ3n) is 2.85. The smallest absolute Gasteiger partial charge is 0.274 e. The predicted octanol–water partition coefficient (Wildman–Crippen LogP) is 2.10. The number of likely N-dealkylation sites (N-methyl/N-ethyl adjacent to an activating group) is 1. The largest absolute Gasteiger partial charge is 0.397 e. The average Bonchev–Trinajstić information content (AvgIpc) is 2.87. The van der Waals surface area contributed by atoms with Crippen molar-refractivity contribution < 1.29 is 4.79 Å². The molecule has 1 aromatic carbocycles. The van der Waals surface area contributed by atoms with E-state index in [1.165, 1.54) is 0 Å². The van der Waals surface area contributed by atoms with Crippen LogP contribution in [0.2, 0.25) is 0 Å². The van der Waals surface area contributed by atoms with Crippen molar-refractivity contribution in [3.63, 3.8) is 0 Å². The van der Waals surface area contributed by atoms with E-state index in [9.17, 15) is 4.79 Å². The minimum Gasteiger partial charge on any atom is -0.397 e. The zero-order chi connectivity index (χ0) is 14.7. The Morgan fingerprint density at radius 3 is 2.75 bits per heavy atom. The molecule has 0 saturated heterocycles. The summed E-state index contributed by atoms with van der Waals surface area (Å²) in [4.78, 5) is 13.8. The number of nitrogens with zero attached hydrogens (tertiary/aromatic N) is 3. The van der Waals surface area contributed by atoms with Crippen molar-refractivity contribution in [2.45, 2.75) is 6.92 Å². The quantitative estimate of drug-likeness (QED) is 0.683. The number of nitrogens with two attached hydrogens (primary N) is 1. The van der Waals surface area contributed by atoms with Gasteiger partial charge < -0.3 is 10.6 Å². The second-order valence-electron chi connectivity index (χ2n) is 4.82. The van der Waals surface area contributed by atoms with E-state index < -0.39 is 0 Å². The lowest BCUT2D eigenvalue weighted by molar-refractivity contribution is 0.0801. The molecule has 0 aliphatic heterocycles. The summed E-state index contributed by atoms with van der Waals surface area (Å²) < 4.78 is 1.61. The van der Waals surface area contributed by atoms with Gasteiger partial charge in [0, 0.05) is 19.8 Å². The minimum atomic E-state index is -0.138. The van der Waals surface area contributed by atoms with Crippen LogP contribution in [0.15, 0.2) is 48.7 Å². The molecule has 0 radical (unpaired) electrons. The van der Waals surface area contributed by atoms with Gasteiger partial charge in [-0.05, 0) is 25.1 Å². The van der Waals surface area contributed by atoms with Gasteiger partial charge in [0.05, 0.1) is 11.4 Å². The summed E-state index contributed by atoms with van der Waals surface area (Å²) in [5.41, 5.74) is 8.58. The van der Waals surface area contributed by atoms with Crippen molar-refractivity contribution >= 4 is 11.6 Å². The first-order valence-corrected chi connectivity index (χ1v) is 6.29. The fraction of sp³-hybridized carbons (Fsp3) is 0.200. The molecule has 5 heteroatoms. The summed E-state index contributed by atoms with van der Waals surface area (Å²) in [5.74, 6) is -0.138. The van der Waals surface area contributed by atoms with Gasteiger partial charge in [-0.15, -0.1) is 0 Å². The number of hydrogen-bond acceptors (Lipinski definition) is 3. The van der Waals surface area contributed by atoms with Crippen LogP contribution < -0.4 is 5.73 Å².